The van der Waals surface area contributed by atoms with Crippen LogP contribution in [0.1, 0.15) is 11.3 Å². The molecule has 25 heavy (non-hydrogen) atoms. The summed E-state index contributed by atoms with van der Waals surface area (Å²) in [4.78, 5) is 27.8. The SMILES string of the molecule is Cc1cccc(-c2ncc3c(n2)N(c2ccnc4nc[nH]c24)CC3)n1. The van der Waals surface area contributed by atoms with Gasteiger partial charge < -0.3 is 9.88 Å². The smallest absolute Gasteiger partial charge is 0.180 e. The third-order valence-electron chi connectivity index (χ3n) is 4.42. The Morgan fingerprint density at radius 1 is 1.08 bits per heavy atom. The van der Waals surface area contributed by atoms with Gasteiger partial charge in [0.05, 0.1) is 12.0 Å². The fourth-order valence-corrected chi connectivity index (χ4v) is 3.23. The van der Waals surface area contributed by atoms with Gasteiger partial charge in [-0.2, -0.15) is 0 Å². The lowest BCUT2D eigenvalue weighted by atomic mass is 10.2. The van der Waals surface area contributed by atoms with Gasteiger partial charge in [-0.05, 0) is 31.5 Å². The van der Waals surface area contributed by atoms with E-state index in [1.54, 1.807) is 12.5 Å². The number of anilines is 2. The van der Waals surface area contributed by atoms with E-state index >= 15 is 0 Å². The molecular formula is C18H15N7. The highest BCUT2D eigenvalue weighted by Gasteiger charge is 2.25. The van der Waals surface area contributed by atoms with Crippen LogP contribution in [0.5, 0.6) is 0 Å². The maximum Gasteiger partial charge on any atom is 0.180 e. The van der Waals surface area contributed by atoms with E-state index < -0.39 is 0 Å². The normalized spacial score (nSPS) is 13.4. The van der Waals surface area contributed by atoms with Crippen LogP contribution in [-0.4, -0.2) is 36.4 Å². The Hall–Kier alpha value is -3.35. The maximum atomic E-state index is 4.81. The Kier molecular flexibility index (Phi) is 3.00. The summed E-state index contributed by atoms with van der Waals surface area (Å²) in [5.74, 6) is 1.57. The molecule has 1 aliphatic rings. The van der Waals surface area contributed by atoms with Crippen molar-refractivity contribution in [3.63, 3.8) is 0 Å². The zero-order valence-electron chi connectivity index (χ0n) is 13.6. The van der Waals surface area contributed by atoms with Gasteiger partial charge in [0.1, 0.15) is 17.0 Å². The number of pyridine rings is 2. The molecule has 0 aliphatic carbocycles. The molecule has 0 amide bonds. The van der Waals surface area contributed by atoms with Gasteiger partial charge in [0.2, 0.25) is 0 Å². The van der Waals surface area contributed by atoms with E-state index in [9.17, 15) is 0 Å². The number of nitrogens with one attached hydrogen (secondary N) is 1. The third kappa shape index (κ3) is 2.24. The van der Waals surface area contributed by atoms with Crippen LogP contribution in [0.4, 0.5) is 11.5 Å². The van der Waals surface area contributed by atoms with Gasteiger partial charge in [-0.1, -0.05) is 6.07 Å². The van der Waals surface area contributed by atoms with E-state index in [1.165, 1.54) is 0 Å². The summed E-state index contributed by atoms with van der Waals surface area (Å²) < 4.78 is 0. The first-order valence-electron chi connectivity index (χ1n) is 8.15. The van der Waals surface area contributed by atoms with Crippen LogP contribution in [0.3, 0.4) is 0 Å². The van der Waals surface area contributed by atoms with E-state index in [1.807, 2.05) is 37.4 Å². The minimum atomic E-state index is 0.643. The van der Waals surface area contributed by atoms with Crippen molar-refractivity contribution < 1.29 is 0 Å². The molecule has 4 aromatic heterocycles. The van der Waals surface area contributed by atoms with E-state index in [4.69, 9.17) is 4.98 Å². The number of aromatic nitrogens is 6. The van der Waals surface area contributed by atoms with Gasteiger partial charge in [0.25, 0.3) is 0 Å². The van der Waals surface area contributed by atoms with E-state index in [-0.39, 0.29) is 0 Å². The molecule has 0 spiro atoms. The standard InChI is InChI=1S/C18H15N7/c1-11-3-2-4-13(23-11)16-20-9-12-6-8-25(18(12)24-16)14-5-7-19-17-15(14)21-10-22-17/h2-5,7,9-10H,6,8H2,1H3,(H,19,21,22). The van der Waals surface area contributed by atoms with E-state index in [0.29, 0.717) is 11.5 Å². The molecule has 1 N–H and O–H groups in total. The Labute approximate surface area is 143 Å². The molecule has 7 heteroatoms. The second-order valence-electron chi connectivity index (χ2n) is 6.04. The molecule has 0 atom stereocenters. The van der Waals surface area contributed by atoms with Crippen LogP contribution in [-0.2, 0) is 6.42 Å². The average Bonchev–Trinajstić information content (AvgIpc) is 3.27. The lowest BCUT2D eigenvalue weighted by Gasteiger charge is -2.19. The molecule has 0 saturated heterocycles. The zero-order valence-corrected chi connectivity index (χ0v) is 13.6. The molecule has 1 aliphatic heterocycles. The topological polar surface area (TPSA) is 83.5 Å². The second-order valence-corrected chi connectivity index (χ2v) is 6.04. The number of H-pyrrole nitrogens is 1. The van der Waals surface area contributed by atoms with E-state index in [2.05, 4.69) is 29.8 Å². The highest BCUT2D eigenvalue weighted by atomic mass is 15.2. The summed E-state index contributed by atoms with van der Waals surface area (Å²) >= 11 is 0. The van der Waals surface area contributed by atoms with Crippen molar-refractivity contribution >= 4 is 22.7 Å². The van der Waals surface area contributed by atoms with Crippen molar-refractivity contribution in [3.8, 4) is 11.5 Å². The highest BCUT2D eigenvalue weighted by molar-refractivity contribution is 5.89. The first-order valence-corrected chi connectivity index (χ1v) is 8.15. The van der Waals surface area contributed by atoms with Crippen molar-refractivity contribution in [2.75, 3.05) is 11.4 Å². The lowest BCUT2D eigenvalue weighted by molar-refractivity contribution is 0.992. The van der Waals surface area contributed by atoms with Gasteiger partial charge >= 0.3 is 0 Å². The Bertz CT molecular complexity index is 1090. The highest BCUT2D eigenvalue weighted by Crippen LogP contribution is 2.35. The number of imidazole rings is 1. The summed E-state index contributed by atoms with van der Waals surface area (Å²) in [7, 11) is 0. The van der Waals surface area contributed by atoms with Crippen LogP contribution in [0.2, 0.25) is 0 Å². The molecule has 4 aromatic rings. The van der Waals surface area contributed by atoms with Crippen molar-refractivity contribution in [1.82, 2.24) is 29.9 Å². The monoisotopic (exact) mass is 329 g/mol. The third-order valence-corrected chi connectivity index (χ3v) is 4.42. The molecule has 0 bridgehead atoms. The summed E-state index contributed by atoms with van der Waals surface area (Å²) in [6.07, 6.45) is 6.27. The van der Waals surface area contributed by atoms with Crippen molar-refractivity contribution in [2.45, 2.75) is 13.3 Å². The van der Waals surface area contributed by atoms with Crippen LogP contribution in [0.15, 0.2) is 43.0 Å². The van der Waals surface area contributed by atoms with Gasteiger partial charge in [-0.3, -0.25) is 0 Å². The van der Waals surface area contributed by atoms with Crippen LogP contribution in [0, 0.1) is 6.92 Å². The summed E-state index contributed by atoms with van der Waals surface area (Å²) in [5, 5.41) is 0. The fourth-order valence-electron chi connectivity index (χ4n) is 3.23. The number of nitrogens with zero attached hydrogens (tertiary/aromatic N) is 6. The molecule has 7 nitrogen and oxygen atoms in total. The molecular weight excluding hydrogens is 314 g/mol. The number of aryl methyl sites for hydroxylation is 1. The number of rotatable bonds is 2. The molecule has 0 unspecified atom stereocenters. The lowest BCUT2D eigenvalue weighted by Crippen LogP contribution is -2.15. The Morgan fingerprint density at radius 2 is 2.04 bits per heavy atom. The van der Waals surface area contributed by atoms with Crippen molar-refractivity contribution in [1.29, 1.82) is 0 Å². The number of hydrogen-bond donors (Lipinski definition) is 1. The Balaban J connectivity index is 1.64. The summed E-state index contributed by atoms with van der Waals surface area (Å²) in [6, 6.07) is 7.87. The number of hydrogen-bond acceptors (Lipinski definition) is 6. The van der Waals surface area contributed by atoms with Gasteiger partial charge in [0.15, 0.2) is 11.5 Å². The molecule has 5 heterocycles. The first kappa shape index (κ1) is 14.0. The summed E-state index contributed by atoms with van der Waals surface area (Å²) in [5.41, 5.74) is 5.54. The molecule has 0 aromatic carbocycles. The zero-order chi connectivity index (χ0) is 16.8. The largest absolute Gasteiger partial charge is 0.342 e. The predicted octanol–water partition coefficient (Wildman–Crippen LogP) is 2.81. The summed E-state index contributed by atoms with van der Waals surface area (Å²) in [6.45, 7) is 2.82. The molecule has 5 rings (SSSR count). The fraction of sp³-hybridized carbons (Fsp3) is 0.167. The van der Waals surface area contributed by atoms with Crippen molar-refractivity contribution in [2.24, 2.45) is 0 Å². The minimum absolute atomic E-state index is 0.643. The second kappa shape index (κ2) is 5.34. The van der Waals surface area contributed by atoms with Crippen LogP contribution in [0.25, 0.3) is 22.7 Å². The number of fused-ring (bicyclic) bond motifs is 2. The van der Waals surface area contributed by atoms with E-state index in [0.717, 1.165) is 46.9 Å². The van der Waals surface area contributed by atoms with Gasteiger partial charge in [-0.15, -0.1) is 0 Å². The van der Waals surface area contributed by atoms with Crippen molar-refractivity contribution in [3.05, 3.63) is 54.2 Å². The molecule has 0 radical (unpaired) electrons. The number of aromatic amines is 1. The maximum absolute atomic E-state index is 4.81. The van der Waals surface area contributed by atoms with Crippen LogP contribution >= 0.6 is 0 Å². The average molecular weight is 329 g/mol. The quantitative estimate of drug-likeness (QED) is 0.609. The molecule has 0 fully saturated rings. The minimum Gasteiger partial charge on any atom is -0.342 e. The van der Waals surface area contributed by atoms with Crippen LogP contribution < -0.4 is 4.90 Å². The van der Waals surface area contributed by atoms with Gasteiger partial charge in [0, 0.05) is 30.2 Å². The predicted molar refractivity (Wildman–Crippen MR) is 94.6 cm³/mol. The van der Waals surface area contributed by atoms with Gasteiger partial charge in [-0.25, -0.2) is 24.9 Å². The Morgan fingerprint density at radius 3 is 2.96 bits per heavy atom. The first-order chi connectivity index (χ1) is 12.3. The molecule has 0 saturated carbocycles. The molecule has 122 valence electrons.